The SMILES string of the molecule is C#CCC(NC)C1CCC(CCCC)CC1. The highest BCUT2D eigenvalue weighted by molar-refractivity contribution is 4.93. The van der Waals surface area contributed by atoms with Gasteiger partial charge in [-0.2, -0.15) is 0 Å². The first kappa shape index (κ1) is 13.6. The van der Waals surface area contributed by atoms with Crippen molar-refractivity contribution in [3.05, 3.63) is 0 Å². The van der Waals surface area contributed by atoms with Crippen LogP contribution in [0.5, 0.6) is 0 Å². The topological polar surface area (TPSA) is 12.0 Å². The Bertz CT molecular complexity index is 208. The van der Waals surface area contributed by atoms with E-state index in [4.69, 9.17) is 6.42 Å². The Labute approximate surface area is 101 Å². The molecule has 1 nitrogen and oxygen atoms in total. The minimum Gasteiger partial charge on any atom is -0.316 e. The van der Waals surface area contributed by atoms with Crippen molar-refractivity contribution in [2.45, 2.75) is 64.3 Å². The van der Waals surface area contributed by atoms with Crippen LogP contribution in [0.4, 0.5) is 0 Å². The molecule has 0 spiro atoms. The highest BCUT2D eigenvalue weighted by Crippen LogP contribution is 2.34. The lowest BCUT2D eigenvalue weighted by Gasteiger charge is -2.33. The third-order valence-electron chi connectivity index (χ3n) is 4.13. The van der Waals surface area contributed by atoms with Gasteiger partial charge in [0, 0.05) is 12.5 Å². The van der Waals surface area contributed by atoms with Crippen molar-refractivity contribution in [3.63, 3.8) is 0 Å². The molecular formula is C15H27N. The Hall–Kier alpha value is -0.480. The summed E-state index contributed by atoms with van der Waals surface area (Å²) in [6, 6.07) is 0.553. The predicted molar refractivity (Wildman–Crippen MR) is 71.3 cm³/mol. The summed E-state index contributed by atoms with van der Waals surface area (Å²) in [6.07, 6.45) is 16.1. The Morgan fingerprint density at radius 3 is 2.50 bits per heavy atom. The molecule has 16 heavy (non-hydrogen) atoms. The first-order valence-electron chi connectivity index (χ1n) is 6.92. The molecule has 1 unspecified atom stereocenters. The van der Waals surface area contributed by atoms with Crippen LogP contribution in [0.1, 0.15) is 58.3 Å². The van der Waals surface area contributed by atoms with Crippen molar-refractivity contribution < 1.29 is 0 Å². The number of hydrogen-bond acceptors (Lipinski definition) is 1. The summed E-state index contributed by atoms with van der Waals surface area (Å²) >= 11 is 0. The zero-order valence-electron chi connectivity index (χ0n) is 11.0. The number of rotatable bonds is 6. The van der Waals surface area contributed by atoms with Crippen molar-refractivity contribution in [2.75, 3.05) is 7.05 Å². The van der Waals surface area contributed by atoms with Crippen molar-refractivity contribution in [1.82, 2.24) is 5.32 Å². The van der Waals surface area contributed by atoms with Gasteiger partial charge in [-0.05, 0) is 31.7 Å². The summed E-state index contributed by atoms with van der Waals surface area (Å²) in [5, 5.41) is 3.39. The molecule has 1 N–H and O–H groups in total. The van der Waals surface area contributed by atoms with Gasteiger partial charge in [0.1, 0.15) is 0 Å². The molecule has 0 saturated heterocycles. The van der Waals surface area contributed by atoms with Gasteiger partial charge in [0.15, 0.2) is 0 Å². The fourth-order valence-electron chi connectivity index (χ4n) is 3.00. The van der Waals surface area contributed by atoms with Crippen LogP contribution in [0.25, 0.3) is 0 Å². The summed E-state index contributed by atoms with van der Waals surface area (Å²) in [4.78, 5) is 0. The van der Waals surface area contributed by atoms with Crippen molar-refractivity contribution in [3.8, 4) is 12.3 Å². The van der Waals surface area contributed by atoms with Crippen LogP contribution in [-0.2, 0) is 0 Å². The summed E-state index contributed by atoms with van der Waals surface area (Å²) in [7, 11) is 2.05. The van der Waals surface area contributed by atoms with Crippen LogP contribution < -0.4 is 5.32 Å². The number of nitrogens with one attached hydrogen (secondary N) is 1. The van der Waals surface area contributed by atoms with E-state index < -0.39 is 0 Å². The maximum atomic E-state index is 5.41. The van der Waals surface area contributed by atoms with Crippen LogP contribution in [-0.4, -0.2) is 13.1 Å². The number of terminal acetylenes is 1. The second kappa shape index (κ2) is 7.74. The van der Waals surface area contributed by atoms with Crippen LogP contribution >= 0.6 is 0 Å². The zero-order chi connectivity index (χ0) is 11.8. The molecule has 1 fully saturated rings. The van der Waals surface area contributed by atoms with E-state index in [0.717, 1.165) is 18.3 Å². The van der Waals surface area contributed by atoms with E-state index in [9.17, 15) is 0 Å². The Morgan fingerprint density at radius 1 is 1.31 bits per heavy atom. The first-order valence-corrected chi connectivity index (χ1v) is 6.92. The summed E-state index contributed by atoms with van der Waals surface area (Å²) in [5.74, 6) is 4.62. The lowest BCUT2D eigenvalue weighted by Crippen LogP contribution is -2.35. The smallest absolute Gasteiger partial charge is 0.0243 e. The predicted octanol–water partition coefficient (Wildman–Crippen LogP) is 3.59. The monoisotopic (exact) mass is 221 g/mol. The van der Waals surface area contributed by atoms with Gasteiger partial charge in [0.25, 0.3) is 0 Å². The van der Waals surface area contributed by atoms with Crippen molar-refractivity contribution in [2.24, 2.45) is 11.8 Å². The molecule has 0 bridgehead atoms. The average Bonchev–Trinajstić information content (AvgIpc) is 2.34. The molecule has 1 aliphatic carbocycles. The molecule has 0 amide bonds. The van der Waals surface area contributed by atoms with E-state index >= 15 is 0 Å². The maximum Gasteiger partial charge on any atom is 0.0243 e. The zero-order valence-corrected chi connectivity index (χ0v) is 11.0. The third-order valence-corrected chi connectivity index (χ3v) is 4.13. The average molecular weight is 221 g/mol. The van der Waals surface area contributed by atoms with E-state index in [2.05, 4.69) is 18.2 Å². The fourth-order valence-corrected chi connectivity index (χ4v) is 3.00. The molecule has 1 heteroatoms. The van der Waals surface area contributed by atoms with Gasteiger partial charge in [0.05, 0.1) is 0 Å². The summed E-state index contributed by atoms with van der Waals surface area (Å²) < 4.78 is 0. The minimum absolute atomic E-state index is 0.553. The highest BCUT2D eigenvalue weighted by atomic mass is 14.9. The molecule has 0 heterocycles. The van der Waals surface area contributed by atoms with Crippen LogP contribution in [0.2, 0.25) is 0 Å². The molecule has 0 aromatic rings. The van der Waals surface area contributed by atoms with Crippen molar-refractivity contribution in [1.29, 1.82) is 0 Å². The van der Waals surface area contributed by atoms with E-state index in [1.807, 2.05) is 7.05 Å². The van der Waals surface area contributed by atoms with Gasteiger partial charge >= 0.3 is 0 Å². The van der Waals surface area contributed by atoms with E-state index in [1.54, 1.807) is 0 Å². The normalized spacial score (nSPS) is 27.3. The summed E-state index contributed by atoms with van der Waals surface area (Å²) in [5.41, 5.74) is 0. The standard InChI is InChI=1S/C15H27N/c1-4-6-8-13-9-11-14(12-10-13)15(16-3)7-5-2/h2,13-16H,4,6-12H2,1,3H3. The van der Waals surface area contributed by atoms with Gasteiger partial charge < -0.3 is 5.32 Å². The molecule has 1 rings (SSSR count). The van der Waals surface area contributed by atoms with Gasteiger partial charge in [0.2, 0.25) is 0 Å². The van der Waals surface area contributed by atoms with Crippen LogP contribution in [0, 0.1) is 24.2 Å². The molecule has 0 aromatic heterocycles. The molecule has 92 valence electrons. The molecular weight excluding hydrogens is 194 g/mol. The van der Waals surface area contributed by atoms with Gasteiger partial charge in [-0.1, -0.05) is 39.0 Å². The lowest BCUT2D eigenvalue weighted by molar-refractivity contribution is 0.218. The summed E-state index contributed by atoms with van der Waals surface area (Å²) in [6.45, 7) is 2.29. The van der Waals surface area contributed by atoms with Crippen molar-refractivity contribution >= 4 is 0 Å². The molecule has 0 aliphatic heterocycles. The molecule has 0 aromatic carbocycles. The highest BCUT2D eigenvalue weighted by Gasteiger charge is 2.25. The second-order valence-corrected chi connectivity index (χ2v) is 5.23. The van der Waals surface area contributed by atoms with Gasteiger partial charge in [-0.3, -0.25) is 0 Å². The second-order valence-electron chi connectivity index (χ2n) is 5.23. The lowest BCUT2D eigenvalue weighted by atomic mass is 9.76. The van der Waals surface area contributed by atoms with Gasteiger partial charge in [-0.15, -0.1) is 12.3 Å². The van der Waals surface area contributed by atoms with E-state index in [-0.39, 0.29) is 0 Å². The van der Waals surface area contributed by atoms with E-state index in [0.29, 0.717) is 6.04 Å². The minimum atomic E-state index is 0.553. The van der Waals surface area contributed by atoms with Gasteiger partial charge in [-0.25, -0.2) is 0 Å². The third kappa shape index (κ3) is 4.18. The maximum absolute atomic E-state index is 5.41. The van der Waals surface area contributed by atoms with Crippen LogP contribution in [0.3, 0.4) is 0 Å². The quantitative estimate of drug-likeness (QED) is 0.676. The molecule has 1 aliphatic rings. The Morgan fingerprint density at radius 2 is 2.00 bits per heavy atom. The molecule has 0 radical (unpaired) electrons. The number of unbranched alkanes of at least 4 members (excludes halogenated alkanes) is 1. The Kier molecular flexibility index (Phi) is 6.57. The number of hydrogen-bond donors (Lipinski definition) is 1. The molecule has 1 saturated carbocycles. The fraction of sp³-hybridized carbons (Fsp3) is 0.867. The van der Waals surface area contributed by atoms with E-state index in [1.165, 1.54) is 44.9 Å². The van der Waals surface area contributed by atoms with Crippen LogP contribution in [0.15, 0.2) is 0 Å². The largest absolute Gasteiger partial charge is 0.316 e. The first-order chi connectivity index (χ1) is 7.81. The molecule has 1 atom stereocenters. The Balaban J connectivity index is 2.27.